The molecular weight excluding hydrogens is 366 g/mol. The molecule has 0 unspecified atom stereocenters. The van der Waals surface area contributed by atoms with Crippen LogP contribution in [-0.4, -0.2) is 22.0 Å². The molecule has 0 fully saturated rings. The van der Waals surface area contributed by atoms with Crippen LogP contribution in [0.25, 0.3) is 27.6 Å². The molecule has 0 N–H and O–H groups in total. The number of benzene rings is 2. The summed E-state index contributed by atoms with van der Waals surface area (Å²) in [5, 5.41) is 0. The molecule has 5 heteroatoms. The van der Waals surface area contributed by atoms with E-state index in [2.05, 4.69) is 62.0 Å². The van der Waals surface area contributed by atoms with E-state index in [9.17, 15) is 4.79 Å². The van der Waals surface area contributed by atoms with Gasteiger partial charge in [-0.25, -0.2) is 9.38 Å². The van der Waals surface area contributed by atoms with Crippen LogP contribution in [0.15, 0.2) is 53.3 Å². The van der Waals surface area contributed by atoms with E-state index in [0.29, 0.717) is 4.53 Å². The SMILES string of the molecule is CC1=CC(C)(C)N(C)c2ccc(/C=c3\sc4nc5ccccc5n4c3=O)cc21. The molecule has 0 aliphatic carbocycles. The minimum atomic E-state index is -0.00933. The van der Waals surface area contributed by atoms with Crippen LogP contribution < -0.4 is 15.0 Å². The van der Waals surface area contributed by atoms with Crippen molar-refractivity contribution in [1.82, 2.24) is 9.38 Å². The summed E-state index contributed by atoms with van der Waals surface area (Å²) in [5.74, 6) is 0. The number of rotatable bonds is 1. The first-order valence-corrected chi connectivity index (χ1v) is 10.2. The predicted octanol–water partition coefficient (Wildman–Crippen LogP) is 4.09. The van der Waals surface area contributed by atoms with Crippen molar-refractivity contribution in [3.8, 4) is 0 Å². The first kappa shape index (κ1) is 17.2. The standard InChI is InChI=1S/C23H21N3OS/c1-14-13-23(2,3)25(4)18-10-9-15(11-16(14)18)12-20-21(27)26-19-8-6-5-7-17(19)24-22(26)28-20/h5-13H,1-4H3/b20-12-. The van der Waals surface area contributed by atoms with Gasteiger partial charge >= 0.3 is 0 Å². The van der Waals surface area contributed by atoms with Crippen molar-refractivity contribution in [3.05, 3.63) is 74.6 Å². The summed E-state index contributed by atoms with van der Waals surface area (Å²) in [6, 6.07) is 14.2. The van der Waals surface area contributed by atoms with E-state index in [0.717, 1.165) is 21.6 Å². The lowest BCUT2D eigenvalue weighted by atomic mass is 9.88. The van der Waals surface area contributed by atoms with E-state index in [-0.39, 0.29) is 11.1 Å². The molecule has 0 atom stereocenters. The number of likely N-dealkylation sites (N-methyl/N-ethyl adjacent to an activating group) is 1. The second-order valence-corrected chi connectivity index (χ2v) is 8.96. The number of hydrogen-bond donors (Lipinski definition) is 0. The summed E-state index contributed by atoms with van der Waals surface area (Å²) < 4.78 is 2.42. The summed E-state index contributed by atoms with van der Waals surface area (Å²) in [5.41, 5.74) is 6.45. The van der Waals surface area contributed by atoms with Crippen LogP contribution in [0.1, 0.15) is 31.9 Å². The minimum Gasteiger partial charge on any atom is -0.366 e. The third kappa shape index (κ3) is 2.43. The zero-order valence-electron chi connectivity index (χ0n) is 16.4. The smallest absolute Gasteiger partial charge is 0.274 e. The fourth-order valence-electron chi connectivity index (χ4n) is 4.03. The number of para-hydroxylation sites is 2. The highest BCUT2D eigenvalue weighted by Crippen LogP contribution is 2.38. The maximum Gasteiger partial charge on any atom is 0.274 e. The molecule has 0 saturated heterocycles. The highest BCUT2D eigenvalue weighted by molar-refractivity contribution is 7.15. The molecule has 140 valence electrons. The lowest BCUT2D eigenvalue weighted by Crippen LogP contribution is -2.42. The van der Waals surface area contributed by atoms with Crippen LogP contribution in [0.4, 0.5) is 5.69 Å². The fourth-order valence-corrected chi connectivity index (χ4v) is 5.02. The Hall–Kier alpha value is -2.92. The minimum absolute atomic E-state index is 0.00284. The van der Waals surface area contributed by atoms with Crippen LogP contribution in [0.3, 0.4) is 0 Å². The fraction of sp³-hybridized carbons (Fsp3) is 0.217. The molecule has 28 heavy (non-hydrogen) atoms. The summed E-state index contributed by atoms with van der Waals surface area (Å²) >= 11 is 1.44. The highest BCUT2D eigenvalue weighted by Gasteiger charge is 2.28. The van der Waals surface area contributed by atoms with Crippen molar-refractivity contribution in [3.63, 3.8) is 0 Å². The molecule has 0 amide bonds. The topological polar surface area (TPSA) is 37.6 Å². The second-order valence-electron chi connectivity index (χ2n) is 7.95. The lowest BCUT2D eigenvalue weighted by Gasteiger charge is -2.40. The zero-order chi connectivity index (χ0) is 19.6. The van der Waals surface area contributed by atoms with Gasteiger partial charge in [0, 0.05) is 18.3 Å². The molecule has 0 saturated carbocycles. The maximum atomic E-state index is 13.0. The Morgan fingerprint density at radius 1 is 1.14 bits per heavy atom. The van der Waals surface area contributed by atoms with Crippen molar-refractivity contribution in [1.29, 1.82) is 0 Å². The van der Waals surface area contributed by atoms with Gasteiger partial charge in [0.2, 0.25) is 0 Å². The largest absolute Gasteiger partial charge is 0.366 e. The van der Waals surface area contributed by atoms with Gasteiger partial charge in [-0.3, -0.25) is 4.79 Å². The molecule has 0 bridgehead atoms. The molecule has 1 aliphatic heterocycles. The third-order valence-electron chi connectivity index (χ3n) is 5.68. The van der Waals surface area contributed by atoms with Crippen LogP contribution in [0, 0.1) is 0 Å². The van der Waals surface area contributed by atoms with Gasteiger partial charge in [0.05, 0.1) is 21.1 Å². The van der Waals surface area contributed by atoms with Crippen LogP contribution in [0.5, 0.6) is 0 Å². The normalized spacial score (nSPS) is 16.6. The van der Waals surface area contributed by atoms with Gasteiger partial charge in [0.25, 0.3) is 5.56 Å². The van der Waals surface area contributed by atoms with E-state index in [4.69, 9.17) is 0 Å². The van der Waals surface area contributed by atoms with E-state index in [1.807, 2.05) is 30.3 Å². The molecule has 1 aliphatic rings. The van der Waals surface area contributed by atoms with Crippen molar-refractivity contribution in [2.45, 2.75) is 26.3 Å². The average Bonchev–Trinajstić information content (AvgIpc) is 3.16. The van der Waals surface area contributed by atoms with Crippen molar-refractivity contribution < 1.29 is 0 Å². The van der Waals surface area contributed by atoms with Gasteiger partial charge in [-0.2, -0.15) is 0 Å². The predicted molar refractivity (Wildman–Crippen MR) is 118 cm³/mol. The summed E-state index contributed by atoms with van der Waals surface area (Å²) in [6.45, 7) is 6.59. The number of thiazole rings is 1. The molecule has 3 heterocycles. The second kappa shape index (κ2) is 5.79. The van der Waals surface area contributed by atoms with Gasteiger partial charge in [-0.05, 0) is 62.2 Å². The quantitative estimate of drug-likeness (QED) is 0.494. The number of fused-ring (bicyclic) bond motifs is 4. The molecule has 0 radical (unpaired) electrons. The number of imidazole rings is 1. The third-order valence-corrected chi connectivity index (χ3v) is 6.65. The maximum absolute atomic E-state index is 13.0. The Morgan fingerprint density at radius 3 is 2.75 bits per heavy atom. The molecule has 0 spiro atoms. The van der Waals surface area contributed by atoms with E-state index in [1.54, 1.807) is 4.40 Å². The highest BCUT2D eigenvalue weighted by atomic mass is 32.1. The lowest BCUT2D eigenvalue weighted by molar-refractivity contribution is 0.598. The number of nitrogens with zero attached hydrogens (tertiary/aromatic N) is 3. The first-order chi connectivity index (χ1) is 13.3. The van der Waals surface area contributed by atoms with Gasteiger partial charge in [0.15, 0.2) is 4.96 Å². The molecular formula is C23H21N3OS. The Morgan fingerprint density at radius 2 is 1.93 bits per heavy atom. The number of aromatic nitrogens is 2. The van der Waals surface area contributed by atoms with Gasteiger partial charge in [0.1, 0.15) is 0 Å². The van der Waals surface area contributed by atoms with E-state index >= 15 is 0 Å². The zero-order valence-corrected chi connectivity index (χ0v) is 17.2. The van der Waals surface area contributed by atoms with Crippen LogP contribution >= 0.6 is 11.3 Å². The van der Waals surface area contributed by atoms with Gasteiger partial charge < -0.3 is 4.90 Å². The van der Waals surface area contributed by atoms with Crippen molar-refractivity contribution >= 4 is 44.7 Å². The molecule has 4 nitrogen and oxygen atoms in total. The summed E-state index contributed by atoms with van der Waals surface area (Å²) in [4.78, 5) is 20.6. The summed E-state index contributed by atoms with van der Waals surface area (Å²) in [7, 11) is 2.13. The van der Waals surface area contributed by atoms with Crippen molar-refractivity contribution in [2.24, 2.45) is 0 Å². The Bertz CT molecular complexity index is 1390. The number of anilines is 1. The van der Waals surface area contributed by atoms with E-state index < -0.39 is 0 Å². The molecule has 2 aromatic carbocycles. The Labute approximate surface area is 167 Å². The number of allylic oxidation sites excluding steroid dienone is 1. The van der Waals surface area contributed by atoms with Gasteiger partial charge in [-0.1, -0.05) is 35.6 Å². The van der Waals surface area contributed by atoms with Crippen molar-refractivity contribution in [2.75, 3.05) is 11.9 Å². The summed E-state index contributed by atoms with van der Waals surface area (Å²) in [6.07, 6.45) is 4.27. The van der Waals surface area contributed by atoms with Crippen LogP contribution in [0.2, 0.25) is 0 Å². The molecule has 2 aromatic heterocycles. The Balaban J connectivity index is 1.68. The first-order valence-electron chi connectivity index (χ1n) is 9.34. The molecule has 4 aromatic rings. The Kier molecular flexibility index (Phi) is 3.55. The van der Waals surface area contributed by atoms with Crippen LogP contribution in [-0.2, 0) is 0 Å². The monoisotopic (exact) mass is 387 g/mol. The van der Waals surface area contributed by atoms with E-state index in [1.165, 1.54) is 28.2 Å². The number of hydrogen-bond acceptors (Lipinski definition) is 4. The molecule has 5 rings (SSSR count). The van der Waals surface area contributed by atoms with Gasteiger partial charge in [-0.15, -0.1) is 0 Å². The average molecular weight is 388 g/mol.